The first-order chi connectivity index (χ1) is 6.28. The number of carbonyl (C=O) groups excluding carboxylic acids is 1. The third-order valence-corrected chi connectivity index (χ3v) is 4.13. The van der Waals surface area contributed by atoms with Crippen molar-refractivity contribution in [3.8, 4) is 0 Å². The number of rotatable bonds is 5. The lowest BCUT2D eigenvalue weighted by atomic mass is 10.3. The molecule has 1 amide bonds. The van der Waals surface area contributed by atoms with Crippen LogP contribution in [0.1, 0.15) is 20.8 Å². The Bertz CT molecular complexity index is 289. The van der Waals surface area contributed by atoms with E-state index in [1.165, 1.54) is 6.92 Å². The molecule has 7 heteroatoms. The Morgan fingerprint density at radius 3 is 2.21 bits per heavy atom. The second-order valence-corrected chi connectivity index (χ2v) is 6.28. The highest BCUT2D eigenvalue weighted by Gasteiger charge is 2.19. The minimum atomic E-state index is -3.39. The molecule has 84 valence electrons. The standard InChI is InChI=1S/C7H15BrN2O3S/c1-5(2)9-7(11)6(3)10-14(12,13)4-8/h5-6,10H,4H2,1-3H3,(H,9,11). The van der Waals surface area contributed by atoms with Gasteiger partial charge in [-0.05, 0) is 20.8 Å². The predicted molar refractivity (Wildman–Crippen MR) is 58.6 cm³/mol. The van der Waals surface area contributed by atoms with E-state index in [2.05, 4.69) is 26.0 Å². The maximum Gasteiger partial charge on any atom is 0.238 e. The van der Waals surface area contributed by atoms with E-state index in [-0.39, 0.29) is 16.6 Å². The number of alkyl halides is 1. The molecule has 2 N–H and O–H groups in total. The molecule has 0 spiro atoms. The molecule has 0 radical (unpaired) electrons. The number of halogens is 1. The molecule has 0 aromatic heterocycles. The van der Waals surface area contributed by atoms with Crippen LogP contribution in [0.25, 0.3) is 0 Å². The van der Waals surface area contributed by atoms with E-state index >= 15 is 0 Å². The summed E-state index contributed by atoms with van der Waals surface area (Å²) >= 11 is 2.82. The second-order valence-electron chi connectivity index (χ2n) is 3.23. The van der Waals surface area contributed by atoms with Crippen LogP contribution < -0.4 is 10.0 Å². The highest BCUT2D eigenvalue weighted by atomic mass is 79.9. The van der Waals surface area contributed by atoms with Crippen molar-refractivity contribution in [2.24, 2.45) is 0 Å². The van der Waals surface area contributed by atoms with E-state index in [9.17, 15) is 13.2 Å². The summed E-state index contributed by atoms with van der Waals surface area (Å²) < 4.78 is 24.1. The van der Waals surface area contributed by atoms with Crippen molar-refractivity contribution < 1.29 is 13.2 Å². The van der Waals surface area contributed by atoms with Gasteiger partial charge in [-0.3, -0.25) is 4.79 Å². The zero-order valence-electron chi connectivity index (χ0n) is 8.37. The molecule has 0 saturated heterocycles. The minimum Gasteiger partial charge on any atom is -0.353 e. The zero-order chi connectivity index (χ0) is 11.4. The van der Waals surface area contributed by atoms with Gasteiger partial charge >= 0.3 is 0 Å². The molecule has 0 aromatic carbocycles. The number of nitrogens with one attached hydrogen (secondary N) is 2. The van der Waals surface area contributed by atoms with Gasteiger partial charge in [0.15, 0.2) is 0 Å². The SMILES string of the molecule is CC(C)NC(=O)C(C)NS(=O)(=O)CBr. The van der Waals surface area contributed by atoms with Crippen molar-refractivity contribution in [1.29, 1.82) is 0 Å². The van der Waals surface area contributed by atoms with Crippen molar-refractivity contribution >= 4 is 31.9 Å². The van der Waals surface area contributed by atoms with Gasteiger partial charge in [-0.2, -0.15) is 0 Å². The molecule has 0 aromatic rings. The first-order valence-corrected chi connectivity index (χ1v) is 6.92. The Labute approximate surface area is 92.8 Å². The summed E-state index contributed by atoms with van der Waals surface area (Å²) in [6.45, 7) is 5.12. The Morgan fingerprint density at radius 1 is 1.36 bits per heavy atom. The monoisotopic (exact) mass is 286 g/mol. The van der Waals surface area contributed by atoms with Crippen LogP contribution in [0.15, 0.2) is 0 Å². The molecule has 14 heavy (non-hydrogen) atoms. The molecule has 0 aliphatic heterocycles. The number of sulfonamides is 1. The van der Waals surface area contributed by atoms with Gasteiger partial charge in [0.25, 0.3) is 0 Å². The molecule has 0 rings (SSSR count). The normalized spacial score (nSPS) is 14.1. The van der Waals surface area contributed by atoms with Gasteiger partial charge in [0.2, 0.25) is 15.9 Å². The van der Waals surface area contributed by atoms with Gasteiger partial charge in [0, 0.05) is 6.04 Å². The van der Waals surface area contributed by atoms with Crippen LogP contribution in [0.5, 0.6) is 0 Å². The maximum atomic E-state index is 11.3. The smallest absolute Gasteiger partial charge is 0.238 e. The molecular formula is C7H15BrN2O3S. The minimum absolute atomic E-state index is 0.00146. The Hall–Kier alpha value is -0.140. The van der Waals surface area contributed by atoms with E-state index in [1.54, 1.807) is 0 Å². The zero-order valence-corrected chi connectivity index (χ0v) is 10.8. The fourth-order valence-corrected chi connectivity index (χ4v) is 1.87. The predicted octanol–water partition coefficient (Wildman–Crippen LogP) is 0.171. The first-order valence-electron chi connectivity index (χ1n) is 4.15. The average molecular weight is 287 g/mol. The number of amides is 1. The number of carbonyl (C=O) groups is 1. The molecule has 0 aliphatic carbocycles. The van der Waals surface area contributed by atoms with Crippen LogP contribution in [-0.4, -0.2) is 31.1 Å². The Balaban J connectivity index is 4.22. The third-order valence-electron chi connectivity index (χ3n) is 1.32. The Morgan fingerprint density at radius 2 is 1.86 bits per heavy atom. The lowest BCUT2D eigenvalue weighted by molar-refractivity contribution is -0.122. The van der Waals surface area contributed by atoms with Crippen LogP contribution in [0.4, 0.5) is 0 Å². The molecule has 0 aliphatic rings. The van der Waals surface area contributed by atoms with Gasteiger partial charge in [0.05, 0.1) is 6.04 Å². The van der Waals surface area contributed by atoms with Crippen molar-refractivity contribution in [1.82, 2.24) is 10.0 Å². The topological polar surface area (TPSA) is 75.3 Å². The van der Waals surface area contributed by atoms with Gasteiger partial charge in [-0.1, -0.05) is 15.9 Å². The van der Waals surface area contributed by atoms with E-state index in [4.69, 9.17) is 0 Å². The summed E-state index contributed by atoms with van der Waals surface area (Å²) in [6, 6.07) is -0.752. The fraction of sp³-hybridized carbons (Fsp3) is 0.857. The van der Waals surface area contributed by atoms with Crippen molar-refractivity contribution in [2.45, 2.75) is 32.9 Å². The maximum absolute atomic E-state index is 11.3. The number of hydrogen-bond acceptors (Lipinski definition) is 3. The summed E-state index contributed by atoms with van der Waals surface area (Å²) in [7, 11) is -3.39. The second kappa shape index (κ2) is 5.67. The average Bonchev–Trinajstić information content (AvgIpc) is 2.02. The first kappa shape index (κ1) is 13.9. The van der Waals surface area contributed by atoms with Crippen LogP contribution in [0.2, 0.25) is 0 Å². The third kappa shape index (κ3) is 5.56. The lowest BCUT2D eigenvalue weighted by Crippen LogP contribution is -2.46. The summed E-state index contributed by atoms with van der Waals surface area (Å²) in [4.78, 5) is 11.3. The fourth-order valence-electron chi connectivity index (χ4n) is 0.764. The van der Waals surface area contributed by atoms with Crippen LogP contribution in [0, 0.1) is 0 Å². The van der Waals surface area contributed by atoms with E-state index in [1.807, 2.05) is 13.8 Å². The van der Waals surface area contributed by atoms with E-state index in [0.29, 0.717) is 0 Å². The van der Waals surface area contributed by atoms with Crippen LogP contribution in [0.3, 0.4) is 0 Å². The van der Waals surface area contributed by atoms with Crippen LogP contribution in [-0.2, 0) is 14.8 Å². The van der Waals surface area contributed by atoms with Gasteiger partial charge in [-0.15, -0.1) is 0 Å². The number of hydrogen-bond donors (Lipinski definition) is 2. The quantitative estimate of drug-likeness (QED) is 0.708. The van der Waals surface area contributed by atoms with Crippen molar-refractivity contribution in [3.63, 3.8) is 0 Å². The van der Waals surface area contributed by atoms with E-state index in [0.717, 1.165) is 0 Å². The summed E-state index contributed by atoms with van der Waals surface area (Å²) in [6.07, 6.45) is 0. The molecule has 0 saturated carbocycles. The summed E-state index contributed by atoms with van der Waals surface area (Å²) in [5.41, 5.74) is 0. The molecule has 0 bridgehead atoms. The molecular weight excluding hydrogens is 272 g/mol. The van der Waals surface area contributed by atoms with Crippen molar-refractivity contribution in [2.75, 3.05) is 4.66 Å². The largest absolute Gasteiger partial charge is 0.353 e. The Kier molecular flexibility index (Phi) is 5.61. The van der Waals surface area contributed by atoms with Gasteiger partial charge < -0.3 is 5.32 Å². The molecule has 0 fully saturated rings. The molecule has 0 heterocycles. The molecule has 5 nitrogen and oxygen atoms in total. The summed E-state index contributed by atoms with van der Waals surface area (Å²) in [5, 5.41) is 2.61. The summed E-state index contributed by atoms with van der Waals surface area (Å²) in [5.74, 6) is -0.329. The molecule has 1 atom stereocenters. The van der Waals surface area contributed by atoms with Crippen LogP contribution >= 0.6 is 15.9 Å². The highest BCUT2D eigenvalue weighted by Crippen LogP contribution is 1.94. The lowest BCUT2D eigenvalue weighted by Gasteiger charge is -2.15. The van der Waals surface area contributed by atoms with E-state index < -0.39 is 16.1 Å². The van der Waals surface area contributed by atoms with Gasteiger partial charge in [-0.25, -0.2) is 13.1 Å². The van der Waals surface area contributed by atoms with Gasteiger partial charge in [0.1, 0.15) is 4.66 Å². The highest BCUT2D eigenvalue weighted by molar-refractivity contribution is 9.10. The van der Waals surface area contributed by atoms with Crippen molar-refractivity contribution in [3.05, 3.63) is 0 Å². The molecule has 1 unspecified atom stereocenters.